The third kappa shape index (κ3) is 3.60. The fraction of sp³-hybridized carbons (Fsp3) is 0.286. The van der Waals surface area contributed by atoms with Crippen LogP contribution in [0.3, 0.4) is 0 Å². The average Bonchev–Trinajstić information content (AvgIpc) is 3.14. The molecule has 2 aromatic heterocycles. The lowest BCUT2D eigenvalue weighted by Crippen LogP contribution is -2.36. The summed E-state index contributed by atoms with van der Waals surface area (Å²) >= 11 is 0. The number of carboxylic acids is 1. The molecule has 1 aliphatic rings. The van der Waals surface area contributed by atoms with E-state index in [1.165, 1.54) is 12.1 Å². The minimum Gasteiger partial charge on any atom is -0.481 e. The number of nitrogens with zero attached hydrogens (tertiary/aromatic N) is 4. The number of aliphatic carboxylic acids is 1. The average molecular weight is 380 g/mol. The van der Waals surface area contributed by atoms with Gasteiger partial charge in [-0.3, -0.25) is 14.5 Å². The standard InChI is InChI=1S/C21H21FN4O2/c1-25-9-8-18(24-25)17-12-19(14-2-4-16(22)5-3-14)23-13-20(17)26-10-6-15(7-11-26)21(27)28/h2-5,8-9,12-13,15H,6-7,10-11H2,1H3,(H,27,28). The van der Waals surface area contributed by atoms with E-state index in [1.54, 1.807) is 16.8 Å². The zero-order valence-corrected chi connectivity index (χ0v) is 15.5. The second-order valence-corrected chi connectivity index (χ2v) is 7.07. The molecule has 6 nitrogen and oxygen atoms in total. The Labute approximate surface area is 162 Å². The van der Waals surface area contributed by atoms with Crippen molar-refractivity contribution in [3.63, 3.8) is 0 Å². The van der Waals surface area contributed by atoms with E-state index >= 15 is 0 Å². The topological polar surface area (TPSA) is 71.2 Å². The molecule has 0 spiro atoms. The smallest absolute Gasteiger partial charge is 0.306 e. The number of aromatic nitrogens is 3. The molecule has 1 aliphatic heterocycles. The van der Waals surface area contributed by atoms with Crippen LogP contribution in [-0.4, -0.2) is 38.9 Å². The van der Waals surface area contributed by atoms with Crippen LogP contribution in [0, 0.1) is 11.7 Å². The molecule has 3 heterocycles. The van der Waals surface area contributed by atoms with Crippen molar-refractivity contribution >= 4 is 11.7 Å². The van der Waals surface area contributed by atoms with Crippen LogP contribution in [-0.2, 0) is 11.8 Å². The van der Waals surface area contributed by atoms with Crippen LogP contribution in [0.15, 0.2) is 48.8 Å². The fourth-order valence-electron chi connectivity index (χ4n) is 3.61. The predicted octanol–water partition coefficient (Wildman–Crippen LogP) is 3.59. The van der Waals surface area contributed by atoms with Crippen molar-refractivity contribution in [1.82, 2.24) is 14.8 Å². The number of carbonyl (C=O) groups is 1. The van der Waals surface area contributed by atoms with E-state index in [1.807, 2.05) is 31.6 Å². The molecule has 1 aromatic carbocycles. The van der Waals surface area contributed by atoms with Crippen molar-refractivity contribution in [3.8, 4) is 22.5 Å². The third-order valence-electron chi connectivity index (χ3n) is 5.20. The van der Waals surface area contributed by atoms with Crippen LogP contribution in [0.4, 0.5) is 10.1 Å². The molecule has 0 atom stereocenters. The highest BCUT2D eigenvalue weighted by atomic mass is 19.1. The number of rotatable bonds is 4. The number of benzene rings is 1. The number of hydrogen-bond acceptors (Lipinski definition) is 4. The molecular formula is C21H21FN4O2. The maximum Gasteiger partial charge on any atom is 0.306 e. The van der Waals surface area contributed by atoms with Gasteiger partial charge in [0.15, 0.2) is 0 Å². The molecule has 0 unspecified atom stereocenters. The predicted molar refractivity (Wildman–Crippen MR) is 104 cm³/mol. The van der Waals surface area contributed by atoms with Crippen LogP contribution in [0.5, 0.6) is 0 Å². The molecule has 144 valence electrons. The molecule has 0 saturated carbocycles. The number of piperidine rings is 1. The maximum absolute atomic E-state index is 13.3. The van der Waals surface area contributed by atoms with Crippen LogP contribution >= 0.6 is 0 Å². The van der Waals surface area contributed by atoms with Crippen molar-refractivity contribution in [2.75, 3.05) is 18.0 Å². The SMILES string of the molecule is Cn1ccc(-c2cc(-c3ccc(F)cc3)ncc2N2CCC(C(=O)O)CC2)n1. The van der Waals surface area contributed by atoms with E-state index in [0.717, 1.165) is 28.2 Å². The summed E-state index contributed by atoms with van der Waals surface area (Å²) < 4.78 is 15.0. The van der Waals surface area contributed by atoms with Gasteiger partial charge in [-0.15, -0.1) is 0 Å². The van der Waals surface area contributed by atoms with Crippen LogP contribution in [0.25, 0.3) is 22.5 Å². The second-order valence-electron chi connectivity index (χ2n) is 7.07. The molecule has 28 heavy (non-hydrogen) atoms. The summed E-state index contributed by atoms with van der Waals surface area (Å²) in [4.78, 5) is 18.0. The highest BCUT2D eigenvalue weighted by Crippen LogP contribution is 2.34. The fourth-order valence-corrected chi connectivity index (χ4v) is 3.61. The minimum absolute atomic E-state index is 0.286. The Balaban J connectivity index is 1.72. The van der Waals surface area contributed by atoms with Gasteiger partial charge in [-0.1, -0.05) is 0 Å². The summed E-state index contributed by atoms with van der Waals surface area (Å²) in [5, 5.41) is 13.8. The van der Waals surface area contributed by atoms with Crippen LogP contribution < -0.4 is 4.90 Å². The van der Waals surface area contributed by atoms with E-state index in [2.05, 4.69) is 15.0 Å². The van der Waals surface area contributed by atoms with Gasteiger partial charge in [0.1, 0.15) is 5.82 Å². The lowest BCUT2D eigenvalue weighted by molar-refractivity contribution is -0.142. The first kappa shape index (κ1) is 18.2. The van der Waals surface area contributed by atoms with E-state index in [4.69, 9.17) is 0 Å². The lowest BCUT2D eigenvalue weighted by Gasteiger charge is -2.33. The Morgan fingerprint density at radius 2 is 1.86 bits per heavy atom. The van der Waals surface area contributed by atoms with Gasteiger partial charge in [0.2, 0.25) is 0 Å². The second kappa shape index (κ2) is 7.42. The van der Waals surface area contributed by atoms with Gasteiger partial charge in [0.25, 0.3) is 0 Å². The van der Waals surface area contributed by atoms with E-state index in [-0.39, 0.29) is 11.7 Å². The first-order valence-electron chi connectivity index (χ1n) is 9.25. The summed E-state index contributed by atoms with van der Waals surface area (Å²) in [7, 11) is 1.86. The van der Waals surface area contributed by atoms with E-state index in [0.29, 0.717) is 25.9 Å². The molecule has 7 heteroatoms. The summed E-state index contributed by atoms with van der Waals surface area (Å²) in [6.45, 7) is 1.32. The lowest BCUT2D eigenvalue weighted by atomic mass is 9.96. The molecular weight excluding hydrogens is 359 g/mol. The van der Waals surface area contributed by atoms with Crippen LogP contribution in [0.1, 0.15) is 12.8 Å². The molecule has 0 aliphatic carbocycles. The Hall–Kier alpha value is -3.22. The Bertz CT molecular complexity index is 992. The summed E-state index contributed by atoms with van der Waals surface area (Å²) in [5.74, 6) is -1.30. The summed E-state index contributed by atoms with van der Waals surface area (Å²) in [6.07, 6.45) is 4.91. The zero-order chi connectivity index (χ0) is 19.7. The molecule has 3 aromatic rings. The number of pyridine rings is 1. The number of carboxylic acid groups (broad SMARTS) is 1. The number of aryl methyl sites for hydroxylation is 1. The van der Waals surface area contributed by atoms with Gasteiger partial charge in [0.05, 0.1) is 29.2 Å². The van der Waals surface area contributed by atoms with Gasteiger partial charge < -0.3 is 10.0 Å². The van der Waals surface area contributed by atoms with E-state index < -0.39 is 5.97 Å². The van der Waals surface area contributed by atoms with Crippen molar-refractivity contribution in [2.24, 2.45) is 13.0 Å². The van der Waals surface area contributed by atoms with Crippen molar-refractivity contribution in [3.05, 3.63) is 54.6 Å². The molecule has 1 fully saturated rings. The summed E-state index contributed by atoms with van der Waals surface area (Å²) in [6, 6.07) is 10.2. The highest BCUT2D eigenvalue weighted by Gasteiger charge is 2.26. The van der Waals surface area contributed by atoms with Gasteiger partial charge in [-0.05, 0) is 49.2 Å². The molecule has 1 saturated heterocycles. The van der Waals surface area contributed by atoms with Gasteiger partial charge in [-0.2, -0.15) is 5.10 Å². The maximum atomic E-state index is 13.3. The molecule has 0 radical (unpaired) electrons. The van der Waals surface area contributed by atoms with Gasteiger partial charge >= 0.3 is 5.97 Å². The largest absolute Gasteiger partial charge is 0.481 e. The first-order valence-corrected chi connectivity index (χ1v) is 9.25. The normalized spacial score (nSPS) is 15.0. The third-order valence-corrected chi connectivity index (χ3v) is 5.20. The van der Waals surface area contributed by atoms with Crippen LogP contribution in [0.2, 0.25) is 0 Å². The Kier molecular flexibility index (Phi) is 4.81. The number of halogens is 1. The molecule has 4 rings (SSSR count). The zero-order valence-electron chi connectivity index (χ0n) is 15.5. The van der Waals surface area contributed by atoms with Crippen molar-refractivity contribution in [1.29, 1.82) is 0 Å². The minimum atomic E-state index is -0.727. The first-order chi connectivity index (χ1) is 13.5. The molecule has 0 bridgehead atoms. The molecule has 1 N–H and O–H groups in total. The molecule has 0 amide bonds. The highest BCUT2D eigenvalue weighted by molar-refractivity contribution is 5.80. The number of hydrogen-bond donors (Lipinski definition) is 1. The Morgan fingerprint density at radius 1 is 1.14 bits per heavy atom. The van der Waals surface area contributed by atoms with Crippen molar-refractivity contribution in [2.45, 2.75) is 12.8 Å². The summed E-state index contributed by atoms with van der Waals surface area (Å²) in [5.41, 5.74) is 4.26. The Morgan fingerprint density at radius 3 is 2.46 bits per heavy atom. The number of anilines is 1. The van der Waals surface area contributed by atoms with Crippen molar-refractivity contribution < 1.29 is 14.3 Å². The quantitative estimate of drug-likeness (QED) is 0.749. The monoisotopic (exact) mass is 380 g/mol. The van der Waals surface area contributed by atoms with Gasteiger partial charge in [0, 0.05) is 37.5 Å². The van der Waals surface area contributed by atoms with E-state index in [9.17, 15) is 14.3 Å². The van der Waals surface area contributed by atoms with Gasteiger partial charge in [-0.25, -0.2) is 4.39 Å².